The predicted octanol–water partition coefficient (Wildman–Crippen LogP) is 2.21. The van der Waals surface area contributed by atoms with Gasteiger partial charge < -0.3 is 15.8 Å². The van der Waals surface area contributed by atoms with Crippen LogP contribution < -0.4 is 15.8 Å². The topological polar surface area (TPSA) is 64.3 Å². The molecule has 3 N–H and O–H groups in total. The molecule has 0 aliphatic carbocycles. The molecule has 1 rings (SSSR count). The van der Waals surface area contributed by atoms with Crippen molar-refractivity contribution >= 4 is 11.6 Å². The van der Waals surface area contributed by atoms with Crippen molar-refractivity contribution in [1.82, 2.24) is 5.32 Å². The molecule has 0 spiro atoms. The van der Waals surface area contributed by atoms with E-state index in [1.807, 2.05) is 12.1 Å². The first kappa shape index (κ1) is 14.4. The van der Waals surface area contributed by atoms with E-state index in [4.69, 9.17) is 10.5 Å². The van der Waals surface area contributed by atoms with Gasteiger partial charge in [0, 0.05) is 19.0 Å². The Morgan fingerprint density at radius 1 is 1.39 bits per heavy atom. The molecule has 0 fully saturated rings. The summed E-state index contributed by atoms with van der Waals surface area (Å²) in [7, 11) is 1.58. The maximum absolute atomic E-state index is 11.0. The number of nitrogen functional groups attached to an aromatic ring is 1. The summed E-state index contributed by atoms with van der Waals surface area (Å²) in [6, 6.07) is 3.96. The van der Waals surface area contributed by atoms with Gasteiger partial charge in [0.1, 0.15) is 5.75 Å². The third-order valence-corrected chi connectivity index (χ3v) is 2.79. The maximum atomic E-state index is 11.0. The summed E-state index contributed by atoms with van der Waals surface area (Å²) < 4.78 is 5.30. The van der Waals surface area contributed by atoms with Crippen molar-refractivity contribution in [2.24, 2.45) is 0 Å². The van der Waals surface area contributed by atoms with Gasteiger partial charge in [-0.05, 0) is 23.1 Å². The molecular weight excluding hydrogens is 228 g/mol. The first-order chi connectivity index (χ1) is 8.25. The van der Waals surface area contributed by atoms with E-state index in [0.717, 1.165) is 11.1 Å². The average Bonchev–Trinajstić information content (AvgIpc) is 2.24. The van der Waals surface area contributed by atoms with Gasteiger partial charge in [0.05, 0.1) is 12.8 Å². The number of hydrogen-bond acceptors (Lipinski definition) is 3. The highest BCUT2D eigenvalue weighted by molar-refractivity contribution is 5.73. The Hall–Kier alpha value is -1.71. The summed E-state index contributed by atoms with van der Waals surface area (Å²) >= 11 is 0. The first-order valence-electron chi connectivity index (χ1n) is 5.97. The number of hydrogen-bond donors (Lipinski definition) is 2. The number of carbonyl (C=O) groups excluding carboxylic acids is 1. The van der Waals surface area contributed by atoms with Crippen molar-refractivity contribution in [1.29, 1.82) is 0 Å². The van der Waals surface area contributed by atoms with E-state index in [1.54, 1.807) is 7.11 Å². The molecule has 1 amide bonds. The van der Waals surface area contributed by atoms with E-state index in [2.05, 4.69) is 26.1 Å². The van der Waals surface area contributed by atoms with Crippen LogP contribution in [0.15, 0.2) is 12.1 Å². The number of benzene rings is 1. The first-order valence-corrected chi connectivity index (χ1v) is 5.97. The fraction of sp³-hybridized carbons (Fsp3) is 0.500. The summed E-state index contributed by atoms with van der Waals surface area (Å²) in [6.45, 7) is 8.28. The molecule has 0 saturated carbocycles. The number of carbonyl (C=O) groups is 1. The second kappa shape index (κ2) is 5.29. The molecule has 4 heteroatoms. The van der Waals surface area contributed by atoms with Gasteiger partial charge in [0.25, 0.3) is 0 Å². The standard InChI is InChI=1S/C14H22N2O2/c1-9(17)16-8-10-6-11(14(2,3)4)7-12(15)13(10)18-5/h6-7H,8,15H2,1-5H3,(H,16,17). The molecule has 0 aromatic heterocycles. The van der Waals surface area contributed by atoms with Crippen LogP contribution in [0.5, 0.6) is 5.75 Å². The zero-order valence-electron chi connectivity index (χ0n) is 11.8. The molecule has 0 aliphatic heterocycles. The number of nitrogens with two attached hydrogens (primary N) is 1. The van der Waals surface area contributed by atoms with E-state index >= 15 is 0 Å². The van der Waals surface area contributed by atoms with Crippen LogP contribution in [0.3, 0.4) is 0 Å². The van der Waals surface area contributed by atoms with Gasteiger partial charge in [0.15, 0.2) is 0 Å². The van der Waals surface area contributed by atoms with Gasteiger partial charge in [-0.1, -0.05) is 20.8 Å². The van der Waals surface area contributed by atoms with Gasteiger partial charge in [-0.2, -0.15) is 0 Å². The molecule has 0 unspecified atom stereocenters. The molecule has 0 atom stereocenters. The third-order valence-electron chi connectivity index (χ3n) is 2.79. The zero-order valence-corrected chi connectivity index (χ0v) is 11.8. The second-order valence-electron chi connectivity index (χ2n) is 5.42. The molecule has 18 heavy (non-hydrogen) atoms. The summed E-state index contributed by atoms with van der Waals surface area (Å²) in [4.78, 5) is 11.0. The van der Waals surface area contributed by atoms with E-state index in [1.165, 1.54) is 6.92 Å². The van der Waals surface area contributed by atoms with Gasteiger partial charge in [-0.25, -0.2) is 0 Å². The van der Waals surface area contributed by atoms with Crippen LogP contribution in [-0.2, 0) is 16.8 Å². The smallest absolute Gasteiger partial charge is 0.217 e. The van der Waals surface area contributed by atoms with Crippen LogP contribution in [0.2, 0.25) is 0 Å². The summed E-state index contributed by atoms with van der Waals surface area (Å²) in [5, 5.41) is 2.77. The molecule has 4 nitrogen and oxygen atoms in total. The lowest BCUT2D eigenvalue weighted by atomic mass is 9.85. The Kier molecular flexibility index (Phi) is 4.22. The number of rotatable bonds is 3. The largest absolute Gasteiger partial charge is 0.494 e. The molecule has 0 saturated heterocycles. The van der Waals surface area contributed by atoms with Gasteiger partial charge >= 0.3 is 0 Å². The van der Waals surface area contributed by atoms with E-state index in [0.29, 0.717) is 18.0 Å². The number of nitrogens with one attached hydrogen (secondary N) is 1. The monoisotopic (exact) mass is 250 g/mol. The predicted molar refractivity (Wildman–Crippen MR) is 73.6 cm³/mol. The van der Waals surface area contributed by atoms with Crippen LogP contribution in [0.1, 0.15) is 38.8 Å². The highest BCUT2D eigenvalue weighted by Crippen LogP contribution is 2.33. The maximum Gasteiger partial charge on any atom is 0.217 e. The minimum Gasteiger partial charge on any atom is -0.494 e. The van der Waals surface area contributed by atoms with Crippen molar-refractivity contribution in [2.45, 2.75) is 39.7 Å². The molecule has 0 bridgehead atoms. The lowest BCUT2D eigenvalue weighted by Crippen LogP contribution is -2.20. The highest BCUT2D eigenvalue weighted by atomic mass is 16.5. The third kappa shape index (κ3) is 3.39. The number of anilines is 1. The fourth-order valence-electron chi connectivity index (χ4n) is 1.75. The minimum atomic E-state index is -0.0724. The zero-order chi connectivity index (χ0) is 13.9. The quantitative estimate of drug-likeness (QED) is 0.808. The van der Waals surface area contributed by atoms with Crippen molar-refractivity contribution in [3.05, 3.63) is 23.3 Å². The normalized spacial score (nSPS) is 11.2. The van der Waals surface area contributed by atoms with Gasteiger partial charge in [0.2, 0.25) is 5.91 Å². The fourth-order valence-corrected chi connectivity index (χ4v) is 1.75. The molecule has 1 aromatic rings. The Balaban J connectivity index is 3.19. The molecule has 1 aromatic carbocycles. The molecular formula is C14H22N2O2. The Labute approximate surface area is 109 Å². The van der Waals surface area contributed by atoms with Gasteiger partial charge in [-0.3, -0.25) is 4.79 Å². The van der Waals surface area contributed by atoms with E-state index in [9.17, 15) is 4.79 Å². The van der Waals surface area contributed by atoms with Crippen LogP contribution in [0.4, 0.5) is 5.69 Å². The second-order valence-corrected chi connectivity index (χ2v) is 5.42. The lowest BCUT2D eigenvalue weighted by molar-refractivity contribution is -0.119. The highest BCUT2D eigenvalue weighted by Gasteiger charge is 2.18. The summed E-state index contributed by atoms with van der Waals surface area (Å²) in [6.07, 6.45) is 0. The summed E-state index contributed by atoms with van der Waals surface area (Å²) in [5.41, 5.74) is 8.63. The molecule has 0 radical (unpaired) electrons. The minimum absolute atomic E-state index is 0.00532. The SMILES string of the molecule is COc1c(N)cc(C(C)(C)C)cc1CNC(C)=O. The van der Waals surface area contributed by atoms with E-state index in [-0.39, 0.29) is 11.3 Å². The Bertz CT molecular complexity index is 448. The van der Waals surface area contributed by atoms with Crippen LogP contribution in [0.25, 0.3) is 0 Å². The van der Waals surface area contributed by atoms with Crippen LogP contribution >= 0.6 is 0 Å². The van der Waals surface area contributed by atoms with Crippen LogP contribution in [-0.4, -0.2) is 13.0 Å². The molecule has 0 aliphatic rings. The molecule has 0 heterocycles. The van der Waals surface area contributed by atoms with Crippen molar-refractivity contribution in [2.75, 3.05) is 12.8 Å². The van der Waals surface area contributed by atoms with Crippen molar-refractivity contribution in [3.63, 3.8) is 0 Å². The van der Waals surface area contributed by atoms with Crippen molar-refractivity contribution in [3.8, 4) is 5.75 Å². The number of ether oxygens (including phenoxy) is 1. The number of methoxy groups -OCH3 is 1. The Morgan fingerprint density at radius 2 is 2.00 bits per heavy atom. The van der Waals surface area contributed by atoms with Crippen LogP contribution in [0, 0.1) is 0 Å². The van der Waals surface area contributed by atoms with Gasteiger partial charge in [-0.15, -0.1) is 0 Å². The van der Waals surface area contributed by atoms with E-state index < -0.39 is 0 Å². The number of amides is 1. The van der Waals surface area contributed by atoms with Crippen molar-refractivity contribution < 1.29 is 9.53 Å². The summed E-state index contributed by atoms with van der Waals surface area (Å²) in [5.74, 6) is 0.563. The lowest BCUT2D eigenvalue weighted by Gasteiger charge is -2.22. The molecule has 100 valence electrons. The Morgan fingerprint density at radius 3 is 2.44 bits per heavy atom. The average molecular weight is 250 g/mol.